The summed E-state index contributed by atoms with van der Waals surface area (Å²) in [7, 11) is -1.71. The Bertz CT molecular complexity index is 1160. The molecule has 0 fully saturated rings. The molecule has 0 spiro atoms. The van der Waals surface area contributed by atoms with Crippen LogP contribution >= 0.6 is 11.3 Å². The van der Waals surface area contributed by atoms with Gasteiger partial charge in [0.05, 0.1) is 21.7 Å². The molecular formula is C19H20N2O4S2. The van der Waals surface area contributed by atoms with Crippen molar-refractivity contribution in [2.75, 3.05) is 20.0 Å². The predicted molar refractivity (Wildman–Crippen MR) is 106 cm³/mol. The molecule has 0 radical (unpaired) electrons. The molecule has 0 N–H and O–H groups in total. The molecule has 1 aromatic heterocycles. The second-order valence-electron chi connectivity index (χ2n) is 6.21. The number of methoxy groups -OCH3 is 1. The molecule has 0 aliphatic carbocycles. The van der Waals surface area contributed by atoms with E-state index >= 15 is 0 Å². The third-order valence-electron chi connectivity index (χ3n) is 4.10. The summed E-state index contributed by atoms with van der Waals surface area (Å²) in [6, 6.07) is 12.2. The fraction of sp³-hybridized carbons (Fsp3) is 0.263. The first-order valence-electron chi connectivity index (χ1n) is 8.28. The number of ether oxygens (including phenoxy) is 1. The summed E-state index contributed by atoms with van der Waals surface area (Å²) >= 11 is 1.29. The van der Waals surface area contributed by atoms with Crippen molar-refractivity contribution >= 4 is 37.3 Å². The number of hydrogen-bond acceptors (Lipinski definition) is 5. The summed E-state index contributed by atoms with van der Waals surface area (Å²) in [5.41, 5.74) is 2.39. The van der Waals surface area contributed by atoms with E-state index in [9.17, 15) is 13.2 Å². The van der Waals surface area contributed by atoms with Crippen LogP contribution in [0.3, 0.4) is 0 Å². The van der Waals surface area contributed by atoms with Gasteiger partial charge < -0.3 is 9.30 Å². The molecule has 0 aliphatic heterocycles. The quantitative estimate of drug-likeness (QED) is 0.655. The smallest absolute Gasteiger partial charge is 0.279 e. The molecule has 0 saturated carbocycles. The maximum atomic E-state index is 12.6. The van der Waals surface area contributed by atoms with Gasteiger partial charge in [-0.2, -0.15) is 4.99 Å². The molecule has 6 nitrogen and oxygen atoms in total. The maximum absolute atomic E-state index is 12.6. The molecule has 27 heavy (non-hydrogen) atoms. The summed E-state index contributed by atoms with van der Waals surface area (Å²) in [5, 5.41) is 0. The lowest BCUT2D eigenvalue weighted by Gasteiger charge is -2.05. The van der Waals surface area contributed by atoms with Gasteiger partial charge in [0, 0.05) is 25.5 Å². The molecule has 0 aliphatic rings. The number of sulfone groups is 1. The van der Waals surface area contributed by atoms with Crippen molar-refractivity contribution in [3.63, 3.8) is 0 Å². The normalized spacial score (nSPS) is 12.6. The second kappa shape index (κ2) is 7.75. The summed E-state index contributed by atoms with van der Waals surface area (Å²) in [6.45, 7) is 2.91. The van der Waals surface area contributed by atoms with E-state index in [4.69, 9.17) is 4.74 Å². The minimum Gasteiger partial charge on any atom is -0.383 e. The Morgan fingerprint density at radius 2 is 1.89 bits per heavy atom. The van der Waals surface area contributed by atoms with Crippen LogP contribution in [0.5, 0.6) is 0 Å². The van der Waals surface area contributed by atoms with Crippen molar-refractivity contribution in [3.8, 4) is 0 Å². The Balaban J connectivity index is 2.14. The van der Waals surface area contributed by atoms with E-state index in [0.29, 0.717) is 23.5 Å². The van der Waals surface area contributed by atoms with Crippen molar-refractivity contribution in [2.24, 2.45) is 4.99 Å². The van der Waals surface area contributed by atoms with Gasteiger partial charge in [-0.3, -0.25) is 4.79 Å². The number of benzene rings is 2. The van der Waals surface area contributed by atoms with Gasteiger partial charge in [-0.15, -0.1) is 0 Å². The van der Waals surface area contributed by atoms with Crippen LogP contribution in [-0.2, 0) is 21.1 Å². The molecular weight excluding hydrogens is 384 g/mol. The number of carbonyl (C=O) groups excluding carboxylic acids is 1. The average Bonchev–Trinajstić information content (AvgIpc) is 2.96. The van der Waals surface area contributed by atoms with Gasteiger partial charge in [-0.1, -0.05) is 29.0 Å². The monoisotopic (exact) mass is 404 g/mol. The van der Waals surface area contributed by atoms with Crippen LogP contribution in [0.2, 0.25) is 0 Å². The van der Waals surface area contributed by atoms with E-state index in [2.05, 4.69) is 4.99 Å². The number of carbonyl (C=O) groups is 1. The fourth-order valence-corrected chi connectivity index (χ4v) is 4.43. The number of rotatable bonds is 5. The van der Waals surface area contributed by atoms with Crippen molar-refractivity contribution < 1.29 is 17.9 Å². The lowest BCUT2D eigenvalue weighted by atomic mass is 10.1. The third kappa shape index (κ3) is 4.35. The van der Waals surface area contributed by atoms with Crippen LogP contribution in [0.25, 0.3) is 10.2 Å². The highest BCUT2D eigenvalue weighted by Crippen LogP contribution is 2.22. The second-order valence-corrected chi connectivity index (χ2v) is 9.24. The number of hydrogen-bond donors (Lipinski definition) is 0. The molecule has 142 valence electrons. The number of thiazole rings is 1. The van der Waals surface area contributed by atoms with Gasteiger partial charge in [0.15, 0.2) is 14.6 Å². The minimum absolute atomic E-state index is 0.242. The van der Waals surface area contributed by atoms with Gasteiger partial charge in [-0.05, 0) is 37.3 Å². The van der Waals surface area contributed by atoms with Crippen LogP contribution in [0.15, 0.2) is 52.4 Å². The zero-order valence-electron chi connectivity index (χ0n) is 15.3. The SMILES string of the molecule is COCCn1c(=NC(=O)c2ccc(C)cc2)sc2cc(S(C)(=O)=O)ccc21. The molecule has 3 aromatic rings. The lowest BCUT2D eigenvalue weighted by molar-refractivity contribution is 0.0997. The number of nitrogens with zero attached hydrogens (tertiary/aromatic N) is 2. The Morgan fingerprint density at radius 1 is 1.19 bits per heavy atom. The van der Waals surface area contributed by atoms with Crippen molar-refractivity contribution in [1.29, 1.82) is 0 Å². The Kier molecular flexibility index (Phi) is 5.59. The molecule has 2 aromatic carbocycles. The molecule has 0 atom stereocenters. The molecule has 0 unspecified atom stereocenters. The van der Waals surface area contributed by atoms with E-state index in [1.54, 1.807) is 37.4 Å². The largest absolute Gasteiger partial charge is 0.383 e. The molecule has 1 heterocycles. The van der Waals surface area contributed by atoms with E-state index in [1.165, 1.54) is 17.6 Å². The summed E-state index contributed by atoms with van der Waals surface area (Å²) in [6.07, 6.45) is 1.17. The van der Waals surface area contributed by atoms with E-state index in [0.717, 1.165) is 15.8 Å². The fourth-order valence-electron chi connectivity index (χ4n) is 2.62. The van der Waals surface area contributed by atoms with E-state index < -0.39 is 9.84 Å². The molecule has 3 rings (SSSR count). The predicted octanol–water partition coefficient (Wildman–Crippen LogP) is 2.80. The number of aryl methyl sites for hydroxylation is 1. The first kappa shape index (κ1) is 19.5. The summed E-state index contributed by atoms with van der Waals surface area (Å²) in [4.78, 5) is 17.6. The Labute approximate surface area is 161 Å². The maximum Gasteiger partial charge on any atom is 0.279 e. The molecule has 0 bridgehead atoms. The standard InChI is InChI=1S/C19H20N2O4S2/c1-13-4-6-14(7-5-13)18(22)20-19-21(10-11-25-2)16-9-8-15(27(3,23)24)12-17(16)26-19/h4-9,12H,10-11H2,1-3H3. The highest BCUT2D eigenvalue weighted by atomic mass is 32.2. The highest BCUT2D eigenvalue weighted by molar-refractivity contribution is 7.90. The van der Waals surface area contributed by atoms with E-state index in [-0.39, 0.29) is 10.8 Å². The van der Waals surface area contributed by atoms with Crippen LogP contribution in [0, 0.1) is 6.92 Å². The van der Waals surface area contributed by atoms with Crippen LogP contribution in [0.1, 0.15) is 15.9 Å². The van der Waals surface area contributed by atoms with Gasteiger partial charge in [0.2, 0.25) is 0 Å². The molecule has 0 saturated heterocycles. The van der Waals surface area contributed by atoms with Gasteiger partial charge in [-0.25, -0.2) is 8.42 Å². The van der Waals surface area contributed by atoms with Crippen molar-refractivity contribution in [2.45, 2.75) is 18.4 Å². The van der Waals surface area contributed by atoms with Gasteiger partial charge in [0.1, 0.15) is 0 Å². The van der Waals surface area contributed by atoms with Gasteiger partial charge in [0.25, 0.3) is 5.91 Å². The zero-order valence-corrected chi connectivity index (χ0v) is 16.9. The van der Waals surface area contributed by atoms with Gasteiger partial charge >= 0.3 is 0 Å². The summed E-state index contributed by atoms with van der Waals surface area (Å²) < 4.78 is 31.5. The average molecular weight is 405 g/mol. The number of aromatic nitrogens is 1. The first-order valence-corrected chi connectivity index (χ1v) is 11.0. The van der Waals surface area contributed by atoms with Crippen LogP contribution in [0.4, 0.5) is 0 Å². The van der Waals surface area contributed by atoms with Crippen LogP contribution < -0.4 is 4.80 Å². The van der Waals surface area contributed by atoms with Crippen LogP contribution in [-0.4, -0.2) is 38.9 Å². The van der Waals surface area contributed by atoms with Crippen molar-refractivity contribution in [3.05, 3.63) is 58.4 Å². The number of amides is 1. The number of fused-ring (bicyclic) bond motifs is 1. The minimum atomic E-state index is -3.31. The Hall–Kier alpha value is -2.29. The van der Waals surface area contributed by atoms with E-state index in [1.807, 2.05) is 23.6 Å². The summed E-state index contributed by atoms with van der Waals surface area (Å²) in [5.74, 6) is -0.337. The third-order valence-corrected chi connectivity index (χ3v) is 6.25. The topological polar surface area (TPSA) is 77.7 Å². The highest BCUT2D eigenvalue weighted by Gasteiger charge is 2.13. The Morgan fingerprint density at radius 3 is 2.52 bits per heavy atom. The zero-order chi connectivity index (χ0) is 19.6. The van der Waals surface area contributed by atoms with Crippen molar-refractivity contribution in [1.82, 2.24) is 4.57 Å². The molecule has 1 amide bonds. The first-order chi connectivity index (χ1) is 12.8. The molecule has 8 heteroatoms. The lowest BCUT2D eigenvalue weighted by Crippen LogP contribution is -2.19.